The molecule has 0 aromatic heterocycles. The minimum Gasteiger partial charge on any atom is -0.343 e. The molecule has 0 saturated carbocycles. The molecule has 27 heavy (non-hydrogen) atoms. The number of nitrogens with zero attached hydrogens (tertiary/aromatic N) is 1. The topological polar surface area (TPSA) is 78.5 Å². The van der Waals surface area contributed by atoms with Crippen LogP contribution in [0.5, 0.6) is 0 Å². The molecule has 0 heterocycles. The van der Waals surface area contributed by atoms with Gasteiger partial charge in [-0.3, -0.25) is 14.4 Å². The molecule has 2 aromatic carbocycles. The smallest absolute Gasteiger partial charge is 0.253 e. The number of carbonyl (C=O) groups excluding carboxylic acids is 3. The Balaban J connectivity index is 1.83. The Morgan fingerprint density at radius 2 is 1.74 bits per heavy atom. The number of anilines is 1. The third-order valence-corrected chi connectivity index (χ3v) is 4.06. The molecule has 9 heteroatoms. The summed E-state index contributed by atoms with van der Waals surface area (Å²) in [6.07, 6.45) is 0. The van der Waals surface area contributed by atoms with Gasteiger partial charge in [0, 0.05) is 17.8 Å². The lowest BCUT2D eigenvalue weighted by atomic mass is 10.2. The number of amides is 3. The largest absolute Gasteiger partial charge is 0.343 e. The highest BCUT2D eigenvalue weighted by molar-refractivity contribution is 6.36. The van der Waals surface area contributed by atoms with Crippen LogP contribution >= 0.6 is 23.2 Å². The molecule has 2 N–H and O–H groups in total. The van der Waals surface area contributed by atoms with E-state index in [1.807, 2.05) is 0 Å². The summed E-state index contributed by atoms with van der Waals surface area (Å²) in [6, 6.07) is 9.62. The van der Waals surface area contributed by atoms with Crippen LogP contribution in [0.2, 0.25) is 10.0 Å². The van der Waals surface area contributed by atoms with Gasteiger partial charge in [-0.1, -0.05) is 23.2 Å². The Morgan fingerprint density at radius 3 is 2.37 bits per heavy atom. The van der Waals surface area contributed by atoms with Gasteiger partial charge in [-0.05, 0) is 42.5 Å². The zero-order chi connectivity index (χ0) is 20.0. The lowest BCUT2D eigenvalue weighted by Gasteiger charge is -2.17. The van der Waals surface area contributed by atoms with Crippen LogP contribution < -0.4 is 10.6 Å². The summed E-state index contributed by atoms with van der Waals surface area (Å²) < 4.78 is 12.8. The monoisotopic (exact) mass is 411 g/mol. The summed E-state index contributed by atoms with van der Waals surface area (Å²) in [5.41, 5.74) is 0.596. The Morgan fingerprint density at radius 1 is 1.07 bits per heavy atom. The highest BCUT2D eigenvalue weighted by Gasteiger charge is 2.16. The van der Waals surface area contributed by atoms with Gasteiger partial charge in [-0.25, -0.2) is 4.39 Å². The predicted octanol–water partition coefficient (Wildman–Crippen LogP) is 2.96. The van der Waals surface area contributed by atoms with Crippen LogP contribution in [0.1, 0.15) is 10.4 Å². The number of benzene rings is 2. The Kier molecular flexibility index (Phi) is 7.15. The van der Waals surface area contributed by atoms with Crippen LogP contribution in [0.3, 0.4) is 0 Å². The summed E-state index contributed by atoms with van der Waals surface area (Å²) in [6.45, 7) is -0.536. The fourth-order valence-electron chi connectivity index (χ4n) is 2.10. The van der Waals surface area contributed by atoms with Crippen LogP contribution in [0, 0.1) is 5.82 Å². The van der Waals surface area contributed by atoms with Gasteiger partial charge in [0.15, 0.2) is 0 Å². The van der Waals surface area contributed by atoms with Crippen molar-refractivity contribution in [1.29, 1.82) is 0 Å². The number of hydrogen-bond donors (Lipinski definition) is 2. The van der Waals surface area contributed by atoms with Gasteiger partial charge in [-0.15, -0.1) is 0 Å². The van der Waals surface area contributed by atoms with E-state index >= 15 is 0 Å². The standard InChI is InChI=1S/C18H16Cl2FN3O3/c1-24(10-16(25)23-13-5-3-12(21)4-6-13)17(26)9-22-18(27)14-7-2-11(19)8-15(14)20/h2-8H,9-10H2,1H3,(H,22,27)(H,23,25). The molecule has 3 amide bonds. The third kappa shape index (κ3) is 6.23. The summed E-state index contributed by atoms with van der Waals surface area (Å²) in [5, 5.41) is 5.53. The SMILES string of the molecule is CN(CC(=O)Nc1ccc(F)cc1)C(=O)CNC(=O)c1ccc(Cl)cc1Cl. The van der Waals surface area contributed by atoms with E-state index < -0.39 is 23.5 Å². The van der Waals surface area contributed by atoms with Crippen LogP contribution in [0.25, 0.3) is 0 Å². The molecule has 0 aliphatic carbocycles. The predicted molar refractivity (Wildman–Crippen MR) is 101 cm³/mol. The zero-order valence-corrected chi connectivity index (χ0v) is 15.8. The summed E-state index contributed by atoms with van der Waals surface area (Å²) >= 11 is 11.7. The second-order valence-electron chi connectivity index (χ2n) is 5.61. The van der Waals surface area contributed by atoms with E-state index in [0.717, 1.165) is 4.90 Å². The summed E-state index contributed by atoms with van der Waals surface area (Å²) in [4.78, 5) is 37.2. The third-order valence-electron chi connectivity index (χ3n) is 3.51. The van der Waals surface area contributed by atoms with Crippen molar-refractivity contribution < 1.29 is 18.8 Å². The maximum Gasteiger partial charge on any atom is 0.253 e. The average molecular weight is 412 g/mol. The molecule has 0 bridgehead atoms. The molecule has 142 valence electrons. The molecule has 0 aliphatic rings. The van der Waals surface area contributed by atoms with Gasteiger partial charge in [0.05, 0.1) is 23.7 Å². The molecule has 2 rings (SSSR count). The molecule has 2 aromatic rings. The fourth-order valence-corrected chi connectivity index (χ4v) is 2.59. The summed E-state index contributed by atoms with van der Waals surface area (Å²) in [5.74, 6) is -1.88. The van der Waals surface area contributed by atoms with Crippen LogP contribution in [0.4, 0.5) is 10.1 Å². The first-order chi connectivity index (χ1) is 12.8. The first kappa shape index (κ1) is 20.7. The van der Waals surface area contributed by atoms with E-state index in [-0.39, 0.29) is 23.7 Å². The molecule has 0 fully saturated rings. The first-order valence-corrected chi connectivity index (χ1v) is 8.54. The maximum atomic E-state index is 12.8. The molecule has 0 unspecified atom stereocenters. The van der Waals surface area contributed by atoms with Crippen LogP contribution in [-0.2, 0) is 9.59 Å². The van der Waals surface area contributed by atoms with Crippen LogP contribution in [0.15, 0.2) is 42.5 Å². The zero-order valence-electron chi connectivity index (χ0n) is 14.3. The number of rotatable bonds is 6. The molecule has 0 atom stereocenters. The van der Waals surface area contributed by atoms with Gasteiger partial charge in [0.2, 0.25) is 11.8 Å². The van der Waals surface area contributed by atoms with Crippen molar-refractivity contribution in [1.82, 2.24) is 10.2 Å². The highest BCUT2D eigenvalue weighted by Crippen LogP contribution is 2.20. The quantitative estimate of drug-likeness (QED) is 0.766. The normalized spacial score (nSPS) is 10.2. The van der Waals surface area contributed by atoms with Gasteiger partial charge < -0.3 is 15.5 Å². The van der Waals surface area contributed by atoms with Crippen molar-refractivity contribution in [2.45, 2.75) is 0 Å². The van der Waals surface area contributed by atoms with Crippen molar-refractivity contribution in [3.63, 3.8) is 0 Å². The minimum atomic E-state index is -0.533. The van der Waals surface area contributed by atoms with E-state index in [1.165, 1.54) is 49.5 Å². The molecule has 0 radical (unpaired) electrons. The highest BCUT2D eigenvalue weighted by atomic mass is 35.5. The first-order valence-electron chi connectivity index (χ1n) is 7.79. The molecule has 0 saturated heterocycles. The van der Waals surface area contributed by atoms with Crippen molar-refractivity contribution >= 4 is 46.6 Å². The molecule has 0 spiro atoms. The lowest BCUT2D eigenvalue weighted by molar-refractivity contribution is -0.132. The molecular weight excluding hydrogens is 396 g/mol. The average Bonchev–Trinajstić information content (AvgIpc) is 2.61. The summed E-state index contributed by atoms with van der Waals surface area (Å²) in [7, 11) is 1.42. The van der Waals surface area contributed by atoms with E-state index in [2.05, 4.69) is 10.6 Å². The molecule has 6 nitrogen and oxygen atoms in total. The van der Waals surface area contributed by atoms with E-state index in [1.54, 1.807) is 0 Å². The number of carbonyl (C=O) groups is 3. The maximum absolute atomic E-state index is 12.8. The van der Waals surface area contributed by atoms with E-state index in [9.17, 15) is 18.8 Å². The molecule has 0 aliphatic heterocycles. The Labute approximate surface area is 165 Å². The second-order valence-corrected chi connectivity index (χ2v) is 6.46. The number of likely N-dealkylation sites (N-methyl/N-ethyl adjacent to an activating group) is 1. The van der Waals surface area contributed by atoms with E-state index in [0.29, 0.717) is 10.7 Å². The van der Waals surface area contributed by atoms with E-state index in [4.69, 9.17) is 23.2 Å². The molecular formula is C18H16Cl2FN3O3. The van der Waals surface area contributed by atoms with Crippen LogP contribution in [-0.4, -0.2) is 42.8 Å². The lowest BCUT2D eigenvalue weighted by Crippen LogP contribution is -2.41. The van der Waals surface area contributed by atoms with Gasteiger partial charge >= 0.3 is 0 Å². The van der Waals surface area contributed by atoms with Crippen molar-refractivity contribution in [2.24, 2.45) is 0 Å². The van der Waals surface area contributed by atoms with Gasteiger partial charge in [0.25, 0.3) is 5.91 Å². The number of halogens is 3. The Hall–Kier alpha value is -2.64. The van der Waals surface area contributed by atoms with Crippen molar-refractivity contribution in [3.05, 3.63) is 63.9 Å². The number of hydrogen-bond acceptors (Lipinski definition) is 3. The number of nitrogens with one attached hydrogen (secondary N) is 2. The van der Waals surface area contributed by atoms with Gasteiger partial charge in [0.1, 0.15) is 5.82 Å². The minimum absolute atomic E-state index is 0.166. The Bertz CT molecular complexity index is 859. The van der Waals surface area contributed by atoms with Crippen molar-refractivity contribution in [3.8, 4) is 0 Å². The van der Waals surface area contributed by atoms with Crippen molar-refractivity contribution in [2.75, 3.05) is 25.5 Å². The van der Waals surface area contributed by atoms with Gasteiger partial charge in [-0.2, -0.15) is 0 Å². The fraction of sp³-hybridized carbons (Fsp3) is 0.167. The second kappa shape index (κ2) is 9.34.